The van der Waals surface area contributed by atoms with Gasteiger partial charge in [0.2, 0.25) is 0 Å². The van der Waals surface area contributed by atoms with Crippen LogP contribution in [0.15, 0.2) is 48.5 Å². The van der Waals surface area contributed by atoms with Crippen molar-refractivity contribution in [3.8, 4) is 0 Å². The molecule has 0 heterocycles. The molecule has 0 saturated heterocycles. The monoisotopic (exact) mass is 268 g/mol. The van der Waals surface area contributed by atoms with Crippen LogP contribution < -0.4 is 5.73 Å². The molecule has 0 amide bonds. The lowest BCUT2D eigenvalue weighted by molar-refractivity contribution is 0.257. The molecule has 0 aliphatic heterocycles. The number of hydrogen-bond donors (Lipinski definition) is 1. The van der Waals surface area contributed by atoms with Crippen molar-refractivity contribution in [1.82, 2.24) is 4.90 Å². The maximum atomic E-state index is 6.00. The Bertz CT molecular complexity index is 534. The van der Waals surface area contributed by atoms with Crippen LogP contribution in [0.5, 0.6) is 0 Å². The first-order valence-corrected chi connectivity index (χ1v) is 7.31. The Labute approximate surface area is 122 Å². The van der Waals surface area contributed by atoms with Crippen LogP contribution in [0.3, 0.4) is 0 Å². The van der Waals surface area contributed by atoms with Crippen LogP contribution in [-0.4, -0.2) is 11.4 Å². The second-order valence-corrected chi connectivity index (χ2v) is 5.33. The summed E-state index contributed by atoms with van der Waals surface area (Å²) in [5, 5.41) is 0. The van der Waals surface area contributed by atoms with E-state index in [1.165, 1.54) is 16.7 Å². The molecule has 0 aliphatic carbocycles. The molecule has 106 valence electrons. The summed E-state index contributed by atoms with van der Waals surface area (Å²) in [5.74, 6) is 0. The van der Waals surface area contributed by atoms with Crippen molar-refractivity contribution in [2.75, 3.05) is 12.3 Å². The fraction of sp³-hybridized carbons (Fsp3) is 0.333. The van der Waals surface area contributed by atoms with Gasteiger partial charge in [0.25, 0.3) is 0 Å². The summed E-state index contributed by atoms with van der Waals surface area (Å²) in [5.41, 5.74) is 10.8. The first-order valence-electron chi connectivity index (χ1n) is 7.31. The van der Waals surface area contributed by atoms with Crippen molar-refractivity contribution >= 4 is 5.69 Å². The number of nitrogens with zero attached hydrogens (tertiary/aromatic N) is 1. The van der Waals surface area contributed by atoms with Gasteiger partial charge in [-0.1, -0.05) is 49.4 Å². The Morgan fingerprint density at radius 2 is 1.70 bits per heavy atom. The van der Waals surface area contributed by atoms with Crippen LogP contribution in [0.1, 0.15) is 30.0 Å². The molecule has 0 aromatic heterocycles. The van der Waals surface area contributed by atoms with E-state index in [1.807, 2.05) is 12.1 Å². The van der Waals surface area contributed by atoms with Crippen LogP contribution in [0.2, 0.25) is 0 Å². The summed E-state index contributed by atoms with van der Waals surface area (Å²) >= 11 is 0. The van der Waals surface area contributed by atoms with E-state index >= 15 is 0 Å². The lowest BCUT2D eigenvalue weighted by Gasteiger charge is -2.23. The zero-order valence-corrected chi connectivity index (χ0v) is 12.5. The molecule has 20 heavy (non-hydrogen) atoms. The molecule has 0 atom stereocenters. The zero-order chi connectivity index (χ0) is 14.4. The Hall–Kier alpha value is -1.80. The van der Waals surface area contributed by atoms with E-state index in [9.17, 15) is 0 Å². The molecule has 2 heteroatoms. The number of anilines is 1. The van der Waals surface area contributed by atoms with E-state index in [0.29, 0.717) is 0 Å². The average molecular weight is 268 g/mol. The molecule has 0 aliphatic rings. The van der Waals surface area contributed by atoms with Gasteiger partial charge in [-0.25, -0.2) is 0 Å². The van der Waals surface area contributed by atoms with Crippen LogP contribution in [0.25, 0.3) is 0 Å². The third kappa shape index (κ3) is 3.84. The normalized spacial score (nSPS) is 10.9. The maximum absolute atomic E-state index is 6.00. The van der Waals surface area contributed by atoms with E-state index in [1.54, 1.807) is 0 Å². The third-order valence-corrected chi connectivity index (χ3v) is 3.67. The molecule has 0 unspecified atom stereocenters. The summed E-state index contributed by atoms with van der Waals surface area (Å²) in [7, 11) is 0. The van der Waals surface area contributed by atoms with Gasteiger partial charge in [0.15, 0.2) is 0 Å². The standard InChI is InChI=1S/C18H24N2/c1-3-12-20(13-16-8-5-4-6-9-16)14-17-10-7-11-18(19)15(17)2/h4-11H,3,12-14,19H2,1-2H3. The number of nitrogen functional groups attached to an aromatic ring is 1. The molecule has 0 radical (unpaired) electrons. The fourth-order valence-corrected chi connectivity index (χ4v) is 2.49. The van der Waals surface area contributed by atoms with Crippen LogP contribution in [-0.2, 0) is 13.1 Å². The summed E-state index contributed by atoms with van der Waals surface area (Å²) in [4.78, 5) is 2.48. The highest BCUT2D eigenvalue weighted by Crippen LogP contribution is 2.18. The first-order chi connectivity index (χ1) is 9.70. The lowest BCUT2D eigenvalue weighted by atomic mass is 10.1. The summed E-state index contributed by atoms with van der Waals surface area (Å²) in [6.45, 7) is 7.38. The van der Waals surface area contributed by atoms with Gasteiger partial charge in [-0.15, -0.1) is 0 Å². The zero-order valence-electron chi connectivity index (χ0n) is 12.5. The van der Waals surface area contributed by atoms with E-state index in [-0.39, 0.29) is 0 Å². The third-order valence-electron chi connectivity index (χ3n) is 3.67. The van der Waals surface area contributed by atoms with Gasteiger partial charge in [-0.2, -0.15) is 0 Å². The molecule has 2 aromatic carbocycles. The van der Waals surface area contributed by atoms with Crippen molar-refractivity contribution < 1.29 is 0 Å². The maximum Gasteiger partial charge on any atom is 0.0346 e. The van der Waals surface area contributed by atoms with Crippen molar-refractivity contribution in [2.45, 2.75) is 33.4 Å². The fourth-order valence-electron chi connectivity index (χ4n) is 2.49. The topological polar surface area (TPSA) is 29.3 Å². The van der Waals surface area contributed by atoms with E-state index in [4.69, 9.17) is 5.73 Å². The molecule has 0 saturated carbocycles. The van der Waals surface area contributed by atoms with Gasteiger partial charge in [0.1, 0.15) is 0 Å². The Morgan fingerprint density at radius 1 is 0.950 bits per heavy atom. The highest BCUT2D eigenvalue weighted by molar-refractivity contribution is 5.49. The predicted molar refractivity (Wildman–Crippen MR) is 86.4 cm³/mol. The Kier molecular flexibility index (Phi) is 5.19. The molecular formula is C18H24N2. The number of nitrogens with two attached hydrogens (primary N) is 1. The molecule has 0 spiro atoms. The smallest absolute Gasteiger partial charge is 0.0346 e. The summed E-state index contributed by atoms with van der Waals surface area (Å²) < 4.78 is 0. The first kappa shape index (κ1) is 14.6. The van der Waals surface area contributed by atoms with Gasteiger partial charge in [-0.05, 0) is 42.6 Å². The summed E-state index contributed by atoms with van der Waals surface area (Å²) in [6, 6.07) is 16.8. The van der Waals surface area contributed by atoms with Gasteiger partial charge in [-0.3, -0.25) is 4.90 Å². The van der Waals surface area contributed by atoms with Crippen molar-refractivity contribution in [2.24, 2.45) is 0 Å². The molecule has 2 nitrogen and oxygen atoms in total. The minimum absolute atomic E-state index is 0.888. The molecule has 0 fully saturated rings. The highest BCUT2D eigenvalue weighted by Gasteiger charge is 2.09. The number of benzene rings is 2. The van der Waals surface area contributed by atoms with Crippen LogP contribution in [0.4, 0.5) is 5.69 Å². The van der Waals surface area contributed by atoms with Crippen LogP contribution in [0, 0.1) is 6.92 Å². The van der Waals surface area contributed by atoms with E-state index in [0.717, 1.165) is 31.7 Å². The number of hydrogen-bond acceptors (Lipinski definition) is 2. The average Bonchev–Trinajstić information content (AvgIpc) is 2.45. The molecule has 2 aromatic rings. The van der Waals surface area contributed by atoms with Gasteiger partial charge >= 0.3 is 0 Å². The quantitative estimate of drug-likeness (QED) is 0.803. The summed E-state index contributed by atoms with van der Waals surface area (Å²) in [6.07, 6.45) is 1.16. The molecular weight excluding hydrogens is 244 g/mol. The minimum Gasteiger partial charge on any atom is -0.399 e. The van der Waals surface area contributed by atoms with Crippen molar-refractivity contribution in [3.63, 3.8) is 0 Å². The van der Waals surface area contributed by atoms with Crippen LogP contribution >= 0.6 is 0 Å². The van der Waals surface area contributed by atoms with Crippen molar-refractivity contribution in [1.29, 1.82) is 0 Å². The van der Waals surface area contributed by atoms with E-state index in [2.05, 4.69) is 55.1 Å². The highest BCUT2D eigenvalue weighted by atomic mass is 15.1. The SMILES string of the molecule is CCCN(Cc1ccccc1)Cc1cccc(N)c1C. The van der Waals surface area contributed by atoms with E-state index < -0.39 is 0 Å². The van der Waals surface area contributed by atoms with Gasteiger partial charge in [0, 0.05) is 18.8 Å². The van der Waals surface area contributed by atoms with Crippen molar-refractivity contribution in [3.05, 3.63) is 65.2 Å². The largest absolute Gasteiger partial charge is 0.399 e. The minimum atomic E-state index is 0.888. The second kappa shape index (κ2) is 7.11. The number of rotatable bonds is 6. The molecule has 0 bridgehead atoms. The lowest BCUT2D eigenvalue weighted by Crippen LogP contribution is -2.24. The second-order valence-electron chi connectivity index (χ2n) is 5.33. The predicted octanol–water partition coefficient (Wildman–Crippen LogP) is 3.99. The Morgan fingerprint density at radius 3 is 2.40 bits per heavy atom. The molecule has 2 N–H and O–H groups in total. The van der Waals surface area contributed by atoms with Gasteiger partial charge in [0.05, 0.1) is 0 Å². The van der Waals surface area contributed by atoms with Gasteiger partial charge < -0.3 is 5.73 Å². The molecule has 2 rings (SSSR count). The Balaban J connectivity index is 2.11.